The van der Waals surface area contributed by atoms with Crippen molar-refractivity contribution < 1.29 is 27.0 Å². The summed E-state index contributed by atoms with van der Waals surface area (Å²) in [5, 5.41) is 8.59. The van der Waals surface area contributed by atoms with Gasteiger partial charge in [0.2, 0.25) is 21.7 Å². The topological polar surface area (TPSA) is 136 Å². The second-order valence-electron chi connectivity index (χ2n) is 7.12. The molecule has 0 atom stereocenters. The van der Waals surface area contributed by atoms with E-state index >= 15 is 0 Å². The van der Waals surface area contributed by atoms with E-state index in [1.165, 1.54) is 21.3 Å². The van der Waals surface area contributed by atoms with Crippen molar-refractivity contribution in [3.63, 3.8) is 0 Å². The molecule has 35 heavy (non-hydrogen) atoms. The van der Waals surface area contributed by atoms with Gasteiger partial charge in [-0.3, -0.25) is 4.72 Å². The smallest absolute Gasteiger partial charge is 0.234 e. The lowest BCUT2D eigenvalue weighted by Gasteiger charge is -2.16. The van der Waals surface area contributed by atoms with Gasteiger partial charge in [-0.2, -0.15) is 4.98 Å². The predicted octanol–water partition coefficient (Wildman–Crippen LogP) is 3.09. The second kappa shape index (κ2) is 11.5. The molecule has 0 saturated heterocycles. The lowest BCUT2D eigenvalue weighted by atomic mass is 10.2. The minimum atomic E-state index is -3.61. The Morgan fingerprint density at radius 3 is 2.23 bits per heavy atom. The average molecular weight is 507 g/mol. The summed E-state index contributed by atoms with van der Waals surface area (Å²) in [5.74, 6) is 0.309. The zero-order chi connectivity index (χ0) is 25.4. The monoisotopic (exact) mass is 506 g/mol. The van der Waals surface area contributed by atoms with Gasteiger partial charge < -0.3 is 30.2 Å². The standard InChI is InChI=1S/C22H27FN6O5S/c1-24-9-10-35(30,31)29-17-8-6-5-7-16(17)27-21-15(23)13-25-22(28-21)26-14-11-18(32-2)20(34-4)19(12-14)33-3/h5-8,11-13,24,29H,9-10H2,1-4H3,(H2,25,26,27,28). The van der Waals surface area contributed by atoms with E-state index in [4.69, 9.17) is 14.2 Å². The number of aromatic nitrogens is 2. The summed E-state index contributed by atoms with van der Waals surface area (Å²) in [6.45, 7) is 0.279. The van der Waals surface area contributed by atoms with Crippen LogP contribution >= 0.6 is 0 Å². The van der Waals surface area contributed by atoms with E-state index < -0.39 is 15.8 Å². The maximum atomic E-state index is 14.5. The molecule has 0 fully saturated rings. The third-order valence-electron chi connectivity index (χ3n) is 4.73. The van der Waals surface area contributed by atoms with Gasteiger partial charge in [0.05, 0.1) is 44.7 Å². The number of anilines is 5. The maximum absolute atomic E-state index is 14.5. The average Bonchev–Trinajstić information content (AvgIpc) is 2.85. The molecule has 4 N–H and O–H groups in total. The number of nitrogens with zero attached hydrogens (tertiary/aromatic N) is 2. The van der Waals surface area contributed by atoms with Crippen molar-refractivity contribution in [1.82, 2.24) is 15.3 Å². The Hall–Kier alpha value is -3.84. The van der Waals surface area contributed by atoms with E-state index in [-0.39, 0.29) is 29.8 Å². The highest BCUT2D eigenvalue weighted by Gasteiger charge is 2.16. The minimum absolute atomic E-state index is 0.0789. The Morgan fingerprint density at radius 1 is 0.971 bits per heavy atom. The summed E-state index contributed by atoms with van der Waals surface area (Å²) in [7, 11) is 2.51. The van der Waals surface area contributed by atoms with Crippen LogP contribution in [0.25, 0.3) is 0 Å². The minimum Gasteiger partial charge on any atom is -0.493 e. The van der Waals surface area contributed by atoms with Crippen molar-refractivity contribution in [2.45, 2.75) is 0 Å². The van der Waals surface area contributed by atoms with Crippen molar-refractivity contribution in [3.05, 3.63) is 48.4 Å². The van der Waals surface area contributed by atoms with Gasteiger partial charge in [0.1, 0.15) is 0 Å². The number of para-hydroxylation sites is 2. The van der Waals surface area contributed by atoms with E-state index in [1.54, 1.807) is 43.4 Å². The lowest BCUT2D eigenvalue weighted by molar-refractivity contribution is 0.324. The molecule has 0 aliphatic rings. The number of rotatable bonds is 12. The Bertz CT molecular complexity index is 1250. The van der Waals surface area contributed by atoms with Crippen LogP contribution in [0.4, 0.5) is 33.2 Å². The summed E-state index contributed by atoms with van der Waals surface area (Å²) >= 11 is 0. The first-order valence-electron chi connectivity index (χ1n) is 10.4. The number of methoxy groups -OCH3 is 3. The van der Waals surface area contributed by atoms with Crippen LogP contribution in [-0.4, -0.2) is 59.1 Å². The first kappa shape index (κ1) is 25.8. The highest BCUT2D eigenvalue weighted by molar-refractivity contribution is 7.92. The second-order valence-corrected chi connectivity index (χ2v) is 8.97. The van der Waals surface area contributed by atoms with Crippen LogP contribution in [0.2, 0.25) is 0 Å². The molecule has 1 heterocycles. The van der Waals surface area contributed by atoms with E-state index in [0.29, 0.717) is 28.6 Å². The number of benzene rings is 2. The number of ether oxygens (including phenoxy) is 3. The van der Waals surface area contributed by atoms with Crippen molar-refractivity contribution >= 4 is 38.9 Å². The van der Waals surface area contributed by atoms with Gasteiger partial charge in [-0.25, -0.2) is 17.8 Å². The summed E-state index contributed by atoms with van der Waals surface area (Å²) in [6.07, 6.45) is 0.995. The van der Waals surface area contributed by atoms with Gasteiger partial charge >= 0.3 is 0 Å². The summed E-state index contributed by atoms with van der Waals surface area (Å²) in [5.41, 5.74) is 1.08. The maximum Gasteiger partial charge on any atom is 0.234 e. The van der Waals surface area contributed by atoms with Gasteiger partial charge in [0, 0.05) is 24.4 Å². The summed E-state index contributed by atoms with van der Waals surface area (Å²) in [6, 6.07) is 9.81. The SMILES string of the molecule is CNCCS(=O)(=O)Nc1ccccc1Nc1nc(Nc2cc(OC)c(OC)c(OC)c2)ncc1F. The Kier molecular flexibility index (Phi) is 8.49. The molecule has 0 amide bonds. The third kappa shape index (κ3) is 6.61. The Labute approximate surface area is 203 Å². The molecule has 1 aromatic heterocycles. The first-order valence-corrected chi connectivity index (χ1v) is 12.1. The molecular formula is C22H27FN6O5S. The fourth-order valence-electron chi connectivity index (χ4n) is 3.06. The fraction of sp³-hybridized carbons (Fsp3) is 0.273. The van der Waals surface area contributed by atoms with Crippen molar-refractivity contribution in [2.75, 3.05) is 56.0 Å². The van der Waals surface area contributed by atoms with Crippen molar-refractivity contribution in [2.24, 2.45) is 0 Å². The van der Waals surface area contributed by atoms with Gasteiger partial charge in [0.15, 0.2) is 23.1 Å². The highest BCUT2D eigenvalue weighted by atomic mass is 32.2. The molecule has 188 valence electrons. The Balaban J connectivity index is 1.87. The van der Waals surface area contributed by atoms with Gasteiger partial charge in [-0.15, -0.1) is 0 Å². The molecule has 2 aromatic carbocycles. The van der Waals surface area contributed by atoms with E-state index in [2.05, 4.69) is 30.6 Å². The van der Waals surface area contributed by atoms with E-state index in [1.807, 2.05) is 0 Å². The molecule has 0 aliphatic carbocycles. The molecule has 13 heteroatoms. The zero-order valence-corrected chi connectivity index (χ0v) is 20.5. The van der Waals surface area contributed by atoms with Crippen LogP contribution in [0.1, 0.15) is 0 Å². The van der Waals surface area contributed by atoms with Gasteiger partial charge in [-0.1, -0.05) is 12.1 Å². The first-order chi connectivity index (χ1) is 16.8. The molecule has 3 rings (SSSR count). The third-order valence-corrected chi connectivity index (χ3v) is 6.00. The molecule has 0 unspecified atom stereocenters. The number of hydrogen-bond donors (Lipinski definition) is 4. The van der Waals surface area contributed by atoms with Gasteiger partial charge in [-0.05, 0) is 19.2 Å². The molecule has 0 spiro atoms. The quantitative estimate of drug-likeness (QED) is 0.290. The molecule has 3 aromatic rings. The zero-order valence-electron chi connectivity index (χ0n) is 19.7. The molecular weight excluding hydrogens is 479 g/mol. The highest BCUT2D eigenvalue weighted by Crippen LogP contribution is 2.40. The summed E-state index contributed by atoms with van der Waals surface area (Å²) in [4.78, 5) is 8.17. The largest absolute Gasteiger partial charge is 0.493 e. The van der Waals surface area contributed by atoms with Crippen LogP contribution < -0.4 is 34.9 Å². The van der Waals surface area contributed by atoms with E-state index in [9.17, 15) is 12.8 Å². The predicted molar refractivity (Wildman–Crippen MR) is 132 cm³/mol. The molecule has 0 radical (unpaired) electrons. The van der Waals surface area contributed by atoms with Crippen molar-refractivity contribution in [3.8, 4) is 17.2 Å². The molecule has 11 nitrogen and oxygen atoms in total. The van der Waals surface area contributed by atoms with Crippen LogP contribution in [0, 0.1) is 5.82 Å². The number of sulfonamides is 1. The van der Waals surface area contributed by atoms with Crippen LogP contribution in [-0.2, 0) is 10.0 Å². The normalized spacial score (nSPS) is 11.0. The number of nitrogens with one attached hydrogen (secondary N) is 4. The Morgan fingerprint density at radius 2 is 1.63 bits per heavy atom. The van der Waals surface area contributed by atoms with Crippen LogP contribution in [0.3, 0.4) is 0 Å². The van der Waals surface area contributed by atoms with E-state index in [0.717, 1.165) is 6.20 Å². The van der Waals surface area contributed by atoms with Crippen molar-refractivity contribution in [1.29, 1.82) is 0 Å². The number of hydrogen-bond acceptors (Lipinski definition) is 10. The molecule has 0 bridgehead atoms. The van der Waals surface area contributed by atoms with Crippen LogP contribution in [0.5, 0.6) is 17.2 Å². The number of halogens is 1. The van der Waals surface area contributed by atoms with Gasteiger partial charge in [0.25, 0.3) is 0 Å². The van der Waals surface area contributed by atoms with Crippen LogP contribution in [0.15, 0.2) is 42.6 Å². The summed E-state index contributed by atoms with van der Waals surface area (Å²) < 4.78 is 57.7. The molecule has 0 saturated carbocycles. The fourth-order valence-corrected chi connectivity index (χ4v) is 4.15. The lowest BCUT2D eigenvalue weighted by Crippen LogP contribution is -2.24. The molecule has 0 aliphatic heterocycles.